The van der Waals surface area contributed by atoms with E-state index in [9.17, 15) is 8.78 Å². The third-order valence-electron chi connectivity index (χ3n) is 1.87. The third-order valence-corrected chi connectivity index (χ3v) is 1.87. The van der Waals surface area contributed by atoms with Crippen molar-refractivity contribution in [2.45, 2.75) is 25.4 Å². The lowest BCUT2D eigenvalue weighted by Crippen LogP contribution is -2.04. The molecule has 13 heavy (non-hydrogen) atoms. The molecule has 1 saturated carbocycles. The average molecular weight is 186 g/mol. The Bertz CT molecular complexity index is 302. The zero-order valence-corrected chi connectivity index (χ0v) is 6.78. The first-order valence-corrected chi connectivity index (χ1v) is 4.02. The molecule has 1 fully saturated rings. The lowest BCUT2D eigenvalue weighted by molar-refractivity contribution is -0.0529. The SMILES string of the molecule is FC(F)Oc1cc(C2CC2)ncn1. The summed E-state index contributed by atoms with van der Waals surface area (Å²) in [6.45, 7) is -2.82. The molecule has 1 aliphatic rings. The van der Waals surface area contributed by atoms with Gasteiger partial charge < -0.3 is 4.74 Å². The molecule has 1 aliphatic carbocycles. The Morgan fingerprint density at radius 3 is 2.77 bits per heavy atom. The summed E-state index contributed by atoms with van der Waals surface area (Å²) in [5.41, 5.74) is 0.797. The first kappa shape index (κ1) is 8.34. The Morgan fingerprint density at radius 2 is 2.15 bits per heavy atom. The van der Waals surface area contributed by atoms with Gasteiger partial charge >= 0.3 is 6.61 Å². The molecule has 1 aromatic heterocycles. The van der Waals surface area contributed by atoms with Crippen LogP contribution in [0.5, 0.6) is 5.88 Å². The molecule has 0 aromatic carbocycles. The van der Waals surface area contributed by atoms with Crippen LogP contribution in [0.2, 0.25) is 0 Å². The van der Waals surface area contributed by atoms with Crippen LogP contribution in [0.25, 0.3) is 0 Å². The van der Waals surface area contributed by atoms with E-state index in [4.69, 9.17) is 0 Å². The summed E-state index contributed by atoms with van der Waals surface area (Å²) in [6, 6.07) is 1.48. The molecule has 70 valence electrons. The lowest BCUT2D eigenvalue weighted by atomic mass is 10.3. The Kier molecular flexibility index (Phi) is 2.08. The molecule has 0 N–H and O–H groups in total. The van der Waals surface area contributed by atoms with Crippen molar-refractivity contribution in [2.24, 2.45) is 0 Å². The van der Waals surface area contributed by atoms with E-state index in [1.807, 2.05) is 0 Å². The van der Waals surface area contributed by atoms with Crippen LogP contribution in [0.4, 0.5) is 8.78 Å². The van der Waals surface area contributed by atoms with Crippen LogP contribution in [0.1, 0.15) is 24.5 Å². The maximum atomic E-state index is 11.8. The number of aromatic nitrogens is 2. The summed E-state index contributed by atoms with van der Waals surface area (Å²) in [5.74, 6) is 0.370. The largest absolute Gasteiger partial charge is 0.417 e. The Morgan fingerprint density at radius 1 is 1.38 bits per heavy atom. The number of rotatable bonds is 3. The predicted molar refractivity (Wildman–Crippen MR) is 40.6 cm³/mol. The van der Waals surface area contributed by atoms with Gasteiger partial charge in [-0.05, 0) is 12.8 Å². The summed E-state index contributed by atoms with van der Waals surface area (Å²) in [4.78, 5) is 7.55. The average Bonchev–Trinajstić information content (AvgIpc) is 2.85. The van der Waals surface area contributed by atoms with Gasteiger partial charge in [-0.25, -0.2) is 9.97 Å². The van der Waals surface area contributed by atoms with E-state index in [0.29, 0.717) is 5.92 Å². The molecule has 1 aromatic rings. The molecule has 0 aliphatic heterocycles. The van der Waals surface area contributed by atoms with Crippen LogP contribution in [0.15, 0.2) is 12.4 Å². The number of hydrogen-bond donors (Lipinski definition) is 0. The fourth-order valence-corrected chi connectivity index (χ4v) is 1.11. The van der Waals surface area contributed by atoms with Gasteiger partial charge in [0, 0.05) is 12.0 Å². The lowest BCUT2D eigenvalue weighted by Gasteiger charge is -2.03. The predicted octanol–water partition coefficient (Wildman–Crippen LogP) is 1.96. The quantitative estimate of drug-likeness (QED) is 0.723. The molecular weight excluding hydrogens is 178 g/mol. The van der Waals surface area contributed by atoms with Crippen molar-refractivity contribution >= 4 is 0 Å². The molecule has 1 heterocycles. The molecule has 0 saturated heterocycles. The minimum Gasteiger partial charge on any atom is -0.417 e. The minimum atomic E-state index is -2.82. The number of ether oxygens (including phenoxy) is 1. The molecule has 0 unspecified atom stereocenters. The van der Waals surface area contributed by atoms with Gasteiger partial charge in [0.2, 0.25) is 5.88 Å². The first-order valence-electron chi connectivity index (χ1n) is 4.02. The van der Waals surface area contributed by atoms with Gasteiger partial charge in [0.05, 0.1) is 5.69 Å². The van der Waals surface area contributed by atoms with Gasteiger partial charge in [-0.1, -0.05) is 0 Å². The monoisotopic (exact) mass is 186 g/mol. The van der Waals surface area contributed by atoms with Crippen molar-refractivity contribution in [3.63, 3.8) is 0 Å². The Labute approximate surface area is 73.8 Å². The van der Waals surface area contributed by atoms with E-state index in [-0.39, 0.29) is 5.88 Å². The van der Waals surface area contributed by atoms with Gasteiger partial charge in [0.15, 0.2) is 0 Å². The van der Waals surface area contributed by atoms with Crippen LogP contribution >= 0.6 is 0 Å². The summed E-state index contributed by atoms with van der Waals surface area (Å²) in [6.07, 6.45) is 3.40. The van der Waals surface area contributed by atoms with Crippen molar-refractivity contribution in [1.29, 1.82) is 0 Å². The van der Waals surface area contributed by atoms with Gasteiger partial charge in [0.1, 0.15) is 6.33 Å². The highest BCUT2D eigenvalue weighted by molar-refractivity contribution is 5.20. The van der Waals surface area contributed by atoms with Gasteiger partial charge in [-0.15, -0.1) is 0 Å². The molecule has 2 rings (SSSR count). The first-order chi connectivity index (χ1) is 6.25. The summed E-state index contributed by atoms with van der Waals surface area (Å²) in [5, 5.41) is 0. The smallest absolute Gasteiger partial charge is 0.388 e. The van der Waals surface area contributed by atoms with Gasteiger partial charge in [0.25, 0.3) is 0 Å². The van der Waals surface area contributed by atoms with E-state index in [1.54, 1.807) is 0 Å². The van der Waals surface area contributed by atoms with E-state index in [1.165, 1.54) is 12.4 Å². The second-order valence-corrected chi connectivity index (χ2v) is 2.93. The minimum absolute atomic E-state index is 0.0492. The maximum Gasteiger partial charge on any atom is 0.388 e. The fourth-order valence-electron chi connectivity index (χ4n) is 1.11. The van der Waals surface area contributed by atoms with Crippen molar-refractivity contribution in [3.8, 4) is 5.88 Å². The van der Waals surface area contributed by atoms with Crippen molar-refractivity contribution in [1.82, 2.24) is 9.97 Å². The number of hydrogen-bond acceptors (Lipinski definition) is 3. The highest BCUT2D eigenvalue weighted by Gasteiger charge is 2.25. The van der Waals surface area contributed by atoms with Crippen LogP contribution in [0, 0.1) is 0 Å². The normalized spacial score (nSPS) is 16.2. The van der Waals surface area contributed by atoms with Gasteiger partial charge in [-0.2, -0.15) is 8.78 Å². The second-order valence-electron chi connectivity index (χ2n) is 2.93. The molecule has 0 atom stereocenters. The van der Waals surface area contributed by atoms with Crippen molar-refractivity contribution < 1.29 is 13.5 Å². The van der Waals surface area contributed by atoms with E-state index < -0.39 is 6.61 Å². The van der Waals surface area contributed by atoms with Crippen LogP contribution in [-0.2, 0) is 0 Å². The zero-order valence-electron chi connectivity index (χ0n) is 6.78. The molecule has 5 heteroatoms. The van der Waals surface area contributed by atoms with Crippen molar-refractivity contribution in [3.05, 3.63) is 18.1 Å². The standard InChI is InChI=1S/C8H8F2N2O/c9-8(10)13-7-3-6(5-1-2-5)11-4-12-7/h3-5,8H,1-2H2. The maximum absolute atomic E-state index is 11.8. The summed E-state index contributed by atoms with van der Waals surface area (Å²) in [7, 11) is 0. The zero-order chi connectivity index (χ0) is 9.26. The second kappa shape index (κ2) is 3.24. The van der Waals surface area contributed by atoms with E-state index in [0.717, 1.165) is 18.5 Å². The van der Waals surface area contributed by atoms with Crippen LogP contribution in [0.3, 0.4) is 0 Å². The molecular formula is C8H8F2N2O. The third kappa shape index (κ3) is 2.11. The highest BCUT2D eigenvalue weighted by Crippen LogP contribution is 2.39. The molecule has 0 amide bonds. The highest BCUT2D eigenvalue weighted by atomic mass is 19.3. The molecule has 0 radical (unpaired) electrons. The van der Waals surface area contributed by atoms with E-state index >= 15 is 0 Å². The topological polar surface area (TPSA) is 35.0 Å². The van der Waals surface area contributed by atoms with E-state index in [2.05, 4.69) is 14.7 Å². The number of alkyl halides is 2. The van der Waals surface area contributed by atoms with Gasteiger partial charge in [-0.3, -0.25) is 0 Å². The number of nitrogens with zero attached hydrogens (tertiary/aromatic N) is 2. The Hall–Kier alpha value is -1.26. The summed E-state index contributed by atoms with van der Waals surface area (Å²) < 4.78 is 27.7. The molecule has 0 bridgehead atoms. The van der Waals surface area contributed by atoms with Crippen LogP contribution in [-0.4, -0.2) is 16.6 Å². The van der Waals surface area contributed by atoms with Crippen LogP contribution < -0.4 is 4.74 Å². The number of halogens is 2. The molecule has 0 spiro atoms. The fraction of sp³-hybridized carbons (Fsp3) is 0.500. The van der Waals surface area contributed by atoms with Crippen molar-refractivity contribution in [2.75, 3.05) is 0 Å². The Balaban J connectivity index is 2.12. The summed E-state index contributed by atoms with van der Waals surface area (Å²) >= 11 is 0. The molecule has 3 nitrogen and oxygen atoms in total.